The zero-order chi connectivity index (χ0) is 39.0. The molecule has 1 aliphatic rings. The fourth-order valence-corrected chi connectivity index (χ4v) is 5.20. The summed E-state index contributed by atoms with van der Waals surface area (Å²) >= 11 is 0. The van der Waals surface area contributed by atoms with Crippen LogP contribution in [-0.4, -0.2) is 118 Å². The first kappa shape index (κ1) is 43.9. The molecule has 1 aliphatic heterocycles. The van der Waals surface area contributed by atoms with Crippen LogP contribution in [0.4, 0.5) is 0 Å². The normalized spacial score (nSPS) is 16.8. The average molecular weight is 722 g/mol. The number of rotatable bonds is 22. The predicted octanol–water partition coefficient (Wildman–Crippen LogP) is -1.66. The van der Waals surface area contributed by atoms with Gasteiger partial charge in [0.25, 0.3) is 5.91 Å². The van der Waals surface area contributed by atoms with E-state index in [0.29, 0.717) is 6.42 Å². The summed E-state index contributed by atoms with van der Waals surface area (Å²) in [6.07, 6.45) is 1.69. The monoisotopic (exact) mass is 721 g/mol. The molecule has 0 unspecified atom stereocenters. The van der Waals surface area contributed by atoms with Gasteiger partial charge in [0.1, 0.15) is 30.2 Å². The van der Waals surface area contributed by atoms with Crippen molar-refractivity contribution in [3.8, 4) is 0 Å². The van der Waals surface area contributed by atoms with Crippen LogP contribution in [-0.2, 0) is 43.2 Å². The number of Topliss-reactive ketones (excluding diaryl/α,β-unsaturated/α-hetero) is 1. The maximum atomic E-state index is 13.9. The molecular formula is C33H51N7O11. The number of carboxylic acid groups (broad SMARTS) is 2. The molecule has 0 aromatic heterocycles. The second kappa shape index (κ2) is 21.2. The first-order valence-electron chi connectivity index (χ1n) is 16.6. The summed E-state index contributed by atoms with van der Waals surface area (Å²) in [6.45, 7) is 13.8. The molecule has 0 aromatic carbocycles. The van der Waals surface area contributed by atoms with E-state index in [4.69, 9.17) is 15.9 Å². The number of nitrogens with zero attached hydrogens (tertiary/aromatic N) is 1. The number of nitrogens with one attached hydrogen (secondary N) is 5. The fraction of sp³-hybridized carbons (Fsp3) is 0.606. The number of hydrogen-bond donors (Lipinski definition) is 8. The number of hydrogen-bond acceptors (Lipinski definition) is 10. The van der Waals surface area contributed by atoms with E-state index >= 15 is 0 Å². The molecule has 0 bridgehead atoms. The smallest absolute Gasteiger partial charge is 0.305 e. The lowest BCUT2D eigenvalue weighted by atomic mass is 9.98. The zero-order valence-corrected chi connectivity index (χ0v) is 29.4. The molecule has 1 heterocycles. The first-order valence-corrected chi connectivity index (χ1v) is 16.6. The quantitative estimate of drug-likeness (QED) is 0.0461. The minimum absolute atomic E-state index is 0.0407. The number of likely N-dealkylation sites (tertiary alicyclic amines) is 1. The number of ketones is 1. The van der Waals surface area contributed by atoms with Crippen LogP contribution >= 0.6 is 0 Å². The molecule has 0 spiro atoms. The lowest BCUT2D eigenvalue weighted by Crippen LogP contribution is -2.61. The molecule has 1 saturated heterocycles. The van der Waals surface area contributed by atoms with Crippen molar-refractivity contribution >= 4 is 53.2 Å². The van der Waals surface area contributed by atoms with E-state index in [0.717, 1.165) is 0 Å². The van der Waals surface area contributed by atoms with Crippen molar-refractivity contribution in [2.75, 3.05) is 13.1 Å². The SMILES string of the molecule is C=CCNC(=O)C(=O)[C@@H](CC=C)NC(=O)[C@@H]1CCCN1C(=O)[C@@H](NC(=O)[C@@H](NC(=O)[C@H](CCC(=O)O)NC(=O)[C@@H](N)CC(=O)O)C(C)C)C(C)C. The van der Waals surface area contributed by atoms with E-state index in [1.165, 1.54) is 17.1 Å². The fourth-order valence-electron chi connectivity index (χ4n) is 5.20. The Morgan fingerprint density at radius 1 is 0.804 bits per heavy atom. The number of aliphatic carboxylic acids is 2. The number of carbonyl (C=O) groups is 9. The van der Waals surface area contributed by atoms with Gasteiger partial charge in [0, 0.05) is 19.5 Å². The summed E-state index contributed by atoms with van der Waals surface area (Å²) in [5, 5.41) is 30.4. The van der Waals surface area contributed by atoms with Crippen LogP contribution in [0.3, 0.4) is 0 Å². The molecule has 51 heavy (non-hydrogen) atoms. The van der Waals surface area contributed by atoms with Crippen LogP contribution in [0.1, 0.15) is 66.2 Å². The molecular weight excluding hydrogens is 670 g/mol. The van der Waals surface area contributed by atoms with Gasteiger partial charge in [0.05, 0.1) is 12.5 Å². The van der Waals surface area contributed by atoms with Crippen LogP contribution in [0.15, 0.2) is 25.3 Å². The second-order valence-electron chi connectivity index (χ2n) is 12.8. The van der Waals surface area contributed by atoms with Gasteiger partial charge < -0.3 is 47.4 Å². The van der Waals surface area contributed by atoms with E-state index in [1.54, 1.807) is 27.7 Å². The largest absolute Gasteiger partial charge is 0.481 e. The number of carboxylic acids is 2. The lowest BCUT2D eigenvalue weighted by molar-refractivity contribution is -0.144. The molecule has 6 amide bonds. The van der Waals surface area contributed by atoms with Crippen molar-refractivity contribution in [2.24, 2.45) is 17.6 Å². The third kappa shape index (κ3) is 14.0. The van der Waals surface area contributed by atoms with Crippen molar-refractivity contribution in [3.05, 3.63) is 25.3 Å². The molecule has 1 rings (SSSR count). The molecule has 1 fully saturated rings. The summed E-state index contributed by atoms with van der Waals surface area (Å²) in [7, 11) is 0. The summed E-state index contributed by atoms with van der Waals surface area (Å²) in [6, 6.07) is -7.71. The second-order valence-corrected chi connectivity index (χ2v) is 12.8. The van der Waals surface area contributed by atoms with Crippen LogP contribution < -0.4 is 32.3 Å². The van der Waals surface area contributed by atoms with E-state index in [2.05, 4.69) is 39.7 Å². The van der Waals surface area contributed by atoms with Gasteiger partial charge in [0.2, 0.25) is 35.3 Å². The van der Waals surface area contributed by atoms with E-state index < -0.39 is 121 Å². The Bertz CT molecular complexity index is 1350. The number of carbonyl (C=O) groups excluding carboxylic acids is 7. The Hall–Kier alpha value is -5.13. The van der Waals surface area contributed by atoms with Gasteiger partial charge >= 0.3 is 11.9 Å². The number of amides is 6. The summed E-state index contributed by atoms with van der Waals surface area (Å²) in [5.74, 6) is -9.55. The zero-order valence-electron chi connectivity index (χ0n) is 29.4. The third-order valence-corrected chi connectivity index (χ3v) is 7.99. The van der Waals surface area contributed by atoms with Gasteiger partial charge in [-0.2, -0.15) is 0 Å². The minimum Gasteiger partial charge on any atom is -0.481 e. The highest BCUT2D eigenvalue weighted by molar-refractivity contribution is 6.38. The number of nitrogens with two attached hydrogens (primary N) is 1. The van der Waals surface area contributed by atoms with Crippen LogP contribution in [0, 0.1) is 11.8 Å². The van der Waals surface area contributed by atoms with Crippen LogP contribution in [0.5, 0.6) is 0 Å². The first-order chi connectivity index (χ1) is 23.9. The van der Waals surface area contributed by atoms with Crippen molar-refractivity contribution in [3.63, 3.8) is 0 Å². The van der Waals surface area contributed by atoms with E-state index in [1.807, 2.05) is 0 Å². The summed E-state index contributed by atoms with van der Waals surface area (Å²) in [4.78, 5) is 115. The van der Waals surface area contributed by atoms with E-state index in [-0.39, 0.29) is 25.9 Å². The molecule has 284 valence electrons. The summed E-state index contributed by atoms with van der Waals surface area (Å²) < 4.78 is 0. The molecule has 0 aliphatic carbocycles. The van der Waals surface area contributed by atoms with Crippen molar-refractivity contribution in [1.82, 2.24) is 31.5 Å². The highest BCUT2D eigenvalue weighted by Gasteiger charge is 2.41. The average Bonchev–Trinajstić information content (AvgIpc) is 3.55. The molecule has 18 nitrogen and oxygen atoms in total. The Balaban J connectivity index is 3.17. The van der Waals surface area contributed by atoms with Crippen molar-refractivity contribution in [1.29, 1.82) is 0 Å². The molecule has 0 saturated carbocycles. The molecule has 6 atom stereocenters. The van der Waals surface area contributed by atoms with Gasteiger partial charge in [-0.3, -0.25) is 43.2 Å². The van der Waals surface area contributed by atoms with Crippen LogP contribution in [0.2, 0.25) is 0 Å². The van der Waals surface area contributed by atoms with Gasteiger partial charge in [-0.1, -0.05) is 39.8 Å². The van der Waals surface area contributed by atoms with Gasteiger partial charge in [-0.05, 0) is 37.5 Å². The highest BCUT2D eigenvalue weighted by Crippen LogP contribution is 2.21. The Morgan fingerprint density at radius 2 is 1.41 bits per heavy atom. The third-order valence-electron chi connectivity index (χ3n) is 7.99. The van der Waals surface area contributed by atoms with Gasteiger partial charge in [-0.15, -0.1) is 13.2 Å². The molecule has 0 aromatic rings. The van der Waals surface area contributed by atoms with Crippen molar-refractivity contribution < 1.29 is 53.4 Å². The van der Waals surface area contributed by atoms with Crippen molar-refractivity contribution in [2.45, 2.75) is 102 Å². The topological polar surface area (TPSA) is 284 Å². The maximum Gasteiger partial charge on any atom is 0.305 e. The van der Waals surface area contributed by atoms with Gasteiger partial charge in [-0.25, -0.2) is 0 Å². The molecule has 9 N–H and O–H groups in total. The Kier molecular flexibility index (Phi) is 18.2. The van der Waals surface area contributed by atoms with E-state index in [9.17, 15) is 43.2 Å². The minimum atomic E-state index is -1.53. The lowest BCUT2D eigenvalue weighted by Gasteiger charge is -2.33. The molecule has 18 heteroatoms. The standard InChI is InChI=1S/C33H51N7O11/c1-7-10-20(27(45)32(50)35-14-8-2)36-30(48)22-11-9-15-40(22)33(51)26(18(5)6)39-31(49)25(17(3)4)38-29(47)21(12-13-23(41)42)37-28(46)19(34)16-24(43)44/h7-8,17-22,25-26H,1-2,9-16,34H2,3-6H3,(H,35,50)(H,36,48)(H,37,46)(H,38,47)(H,39,49)(H,41,42)(H,43,44)/t19-,20+,21-,22-,25-,26-/m0/s1. The Morgan fingerprint density at radius 3 is 1.94 bits per heavy atom. The van der Waals surface area contributed by atoms with Crippen LogP contribution in [0.25, 0.3) is 0 Å². The van der Waals surface area contributed by atoms with Gasteiger partial charge in [0.15, 0.2) is 0 Å². The molecule has 0 radical (unpaired) electrons. The Labute approximate surface area is 296 Å². The summed E-state index contributed by atoms with van der Waals surface area (Å²) in [5.41, 5.74) is 5.59. The highest BCUT2D eigenvalue weighted by atomic mass is 16.4. The predicted molar refractivity (Wildman–Crippen MR) is 182 cm³/mol. The maximum absolute atomic E-state index is 13.9.